The van der Waals surface area contributed by atoms with Gasteiger partial charge in [0.05, 0.1) is 11.5 Å². The number of nitrogens with one attached hydrogen (secondary N) is 1. The summed E-state index contributed by atoms with van der Waals surface area (Å²) in [5.74, 6) is 1.14. The molecule has 1 saturated heterocycles. The highest BCUT2D eigenvalue weighted by Crippen LogP contribution is 2.22. The second-order valence-corrected chi connectivity index (χ2v) is 9.46. The zero-order valence-corrected chi connectivity index (χ0v) is 18.5. The average molecular weight is 431 g/mol. The van der Waals surface area contributed by atoms with Gasteiger partial charge in [-0.05, 0) is 75.4 Å². The number of amides is 1. The van der Waals surface area contributed by atoms with Gasteiger partial charge in [-0.1, -0.05) is 17.7 Å². The van der Waals surface area contributed by atoms with Crippen molar-refractivity contribution in [3.63, 3.8) is 0 Å². The summed E-state index contributed by atoms with van der Waals surface area (Å²) in [7, 11) is -3.53. The molecule has 2 aromatic rings. The third-order valence-corrected chi connectivity index (χ3v) is 6.97. The Morgan fingerprint density at radius 2 is 1.70 bits per heavy atom. The Balaban J connectivity index is 1.44. The van der Waals surface area contributed by atoms with E-state index in [0.29, 0.717) is 37.9 Å². The van der Waals surface area contributed by atoms with Crippen LogP contribution in [0.15, 0.2) is 53.4 Å². The predicted octanol–water partition coefficient (Wildman–Crippen LogP) is 3.61. The molecule has 162 valence electrons. The highest BCUT2D eigenvalue weighted by atomic mass is 32.2. The number of hydrogen-bond acceptors (Lipinski definition) is 4. The van der Waals surface area contributed by atoms with Gasteiger partial charge < -0.3 is 9.64 Å². The van der Waals surface area contributed by atoms with E-state index in [0.717, 1.165) is 30.4 Å². The fourth-order valence-corrected chi connectivity index (χ4v) is 4.71. The molecular weight excluding hydrogens is 400 g/mol. The molecule has 1 fully saturated rings. The normalized spacial score (nSPS) is 15.2. The van der Waals surface area contributed by atoms with Crippen LogP contribution in [-0.2, 0) is 10.0 Å². The van der Waals surface area contributed by atoms with Crippen LogP contribution in [0.1, 0.15) is 42.1 Å². The molecule has 1 N–H and O–H groups in total. The third kappa shape index (κ3) is 5.83. The van der Waals surface area contributed by atoms with Crippen LogP contribution < -0.4 is 9.46 Å². The minimum absolute atomic E-state index is 0.0738. The second kappa shape index (κ2) is 10.1. The Morgan fingerprint density at radius 3 is 2.30 bits per heavy atom. The van der Waals surface area contributed by atoms with Gasteiger partial charge in [0.15, 0.2) is 0 Å². The molecule has 0 unspecified atom stereocenters. The van der Waals surface area contributed by atoms with Crippen molar-refractivity contribution < 1.29 is 17.9 Å². The van der Waals surface area contributed by atoms with E-state index >= 15 is 0 Å². The van der Waals surface area contributed by atoms with Crippen LogP contribution in [0.5, 0.6) is 5.75 Å². The number of carbonyl (C=O) groups is 1. The fraction of sp³-hybridized carbons (Fsp3) is 0.435. The maximum atomic E-state index is 12.6. The molecule has 3 rings (SSSR count). The van der Waals surface area contributed by atoms with Gasteiger partial charge in [0.2, 0.25) is 10.0 Å². The molecule has 0 aliphatic carbocycles. The molecule has 0 radical (unpaired) electrons. The zero-order valence-electron chi connectivity index (χ0n) is 17.6. The van der Waals surface area contributed by atoms with Gasteiger partial charge in [0.1, 0.15) is 5.75 Å². The molecule has 0 spiro atoms. The second-order valence-electron chi connectivity index (χ2n) is 7.69. The van der Waals surface area contributed by atoms with E-state index in [2.05, 4.69) is 4.72 Å². The van der Waals surface area contributed by atoms with Crippen LogP contribution in [0, 0.1) is 12.8 Å². The number of piperidine rings is 1. The van der Waals surface area contributed by atoms with Crippen LogP contribution in [0.2, 0.25) is 0 Å². The quantitative estimate of drug-likeness (QED) is 0.694. The summed E-state index contributed by atoms with van der Waals surface area (Å²) in [6.07, 6.45) is 2.55. The molecule has 7 heteroatoms. The summed E-state index contributed by atoms with van der Waals surface area (Å²) in [5.41, 5.74) is 1.86. The van der Waals surface area contributed by atoms with Crippen LogP contribution in [-0.4, -0.2) is 45.5 Å². The lowest BCUT2D eigenvalue weighted by molar-refractivity contribution is 0.0687. The molecule has 1 aliphatic rings. The van der Waals surface area contributed by atoms with Crippen molar-refractivity contribution in [3.8, 4) is 5.75 Å². The summed E-state index contributed by atoms with van der Waals surface area (Å²) < 4.78 is 33.0. The first-order chi connectivity index (χ1) is 14.4. The molecular formula is C23H30N2O4S. The Kier molecular flexibility index (Phi) is 7.50. The third-order valence-electron chi connectivity index (χ3n) is 5.49. The Hall–Kier alpha value is -2.38. The number of rotatable bonds is 8. The van der Waals surface area contributed by atoms with Crippen molar-refractivity contribution >= 4 is 15.9 Å². The van der Waals surface area contributed by atoms with E-state index < -0.39 is 10.0 Å². The van der Waals surface area contributed by atoms with Crippen molar-refractivity contribution in [2.24, 2.45) is 5.92 Å². The van der Waals surface area contributed by atoms with Gasteiger partial charge >= 0.3 is 0 Å². The van der Waals surface area contributed by atoms with Gasteiger partial charge in [-0.2, -0.15) is 0 Å². The van der Waals surface area contributed by atoms with Crippen LogP contribution in [0.3, 0.4) is 0 Å². The maximum Gasteiger partial charge on any atom is 0.253 e. The van der Waals surface area contributed by atoms with Gasteiger partial charge in [-0.3, -0.25) is 4.79 Å². The lowest BCUT2D eigenvalue weighted by atomic mass is 9.93. The predicted molar refractivity (Wildman–Crippen MR) is 117 cm³/mol. The summed E-state index contributed by atoms with van der Waals surface area (Å²) in [6.45, 7) is 6.25. The smallest absolute Gasteiger partial charge is 0.253 e. The number of likely N-dealkylation sites (tertiary alicyclic amines) is 1. The minimum Gasteiger partial charge on any atom is -0.494 e. The van der Waals surface area contributed by atoms with E-state index in [1.54, 1.807) is 24.3 Å². The standard InChI is InChI=1S/C23H30N2O4S/c1-3-29-21-8-10-22(11-9-21)30(27,28)24-15-12-19-13-16-25(17-14-19)23(26)20-6-4-18(2)5-7-20/h4-11,19,24H,3,12-17H2,1-2H3. The largest absolute Gasteiger partial charge is 0.494 e. The van der Waals surface area contributed by atoms with Gasteiger partial charge in [-0.15, -0.1) is 0 Å². The summed E-state index contributed by atoms with van der Waals surface area (Å²) in [6, 6.07) is 14.1. The van der Waals surface area contributed by atoms with Crippen molar-refractivity contribution in [1.29, 1.82) is 0 Å². The van der Waals surface area contributed by atoms with Gasteiger partial charge in [0, 0.05) is 25.2 Å². The van der Waals surface area contributed by atoms with Crippen LogP contribution in [0.25, 0.3) is 0 Å². The van der Waals surface area contributed by atoms with E-state index in [1.807, 2.05) is 43.0 Å². The molecule has 1 heterocycles. The molecule has 30 heavy (non-hydrogen) atoms. The summed E-state index contributed by atoms with van der Waals surface area (Å²) >= 11 is 0. The van der Waals surface area contributed by atoms with Crippen molar-refractivity contribution in [1.82, 2.24) is 9.62 Å². The molecule has 1 aliphatic heterocycles. The molecule has 0 atom stereocenters. The Bertz CT molecular complexity index is 932. The highest BCUT2D eigenvalue weighted by molar-refractivity contribution is 7.89. The molecule has 2 aromatic carbocycles. The number of aryl methyl sites for hydroxylation is 1. The van der Waals surface area contributed by atoms with Crippen LogP contribution in [0.4, 0.5) is 0 Å². The lowest BCUT2D eigenvalue weighted by Gasteiger charge is -2.32. The summed E-state index contributed by atoms with van der Waals surface area (Å²) in [5, 5.41) is 0. The molecule has 1 amide bonds. The topological polar surface area (TPSA) is 75.7 Å². The molecule has 0 saturated carbocycles. The highest BCUT2D eigenvalue weighted by Gasteiger charge is 2.24. The Labute approximate surface area is 179 Å². The number of ether oxygens (including phenoxy) is 1. The first-order valence-electron chi connectivity index (χ1n) is 10.5. The van der Waals surface area contributed by atoms with Crippen LogP contribution >= 0.6 is 0 Å². The fourth-order valence-electron chi connectivity index (χ4n) is 3.67. The maximum absolute atomic E-state index is 12.6. The first kappa shape index (κ1) is 22.3. The zero-order chi connectivity index (χ0) is 21.6. The molecule has 0 aromatic heterocycles. The number of carbonyl (C=O) groups excluding carboxylic acids is 1. The van der Waals surface area contributed by atoms with Crippen molar-refractivity contribution in [3.05, 3.63) is 59.7 Å². The lowest BCUT2D eigenvalue weighted by Crippen LogP contribution is -2.39. The van der Waals surface area contributed by atoms with E-state index in [1.165, 1.54) is 0 Å². The number of sulfonamides is 1. The SMILES string of the molecule is CCOc1ccc(S(=O)(=O)NCCC2CCN(C(=O)c3ccc(C)cc3)CC2)cc1. The van der Waals surface area contributed by atoms with Gasteiger partial charge in [0.25, 0.3) is 5.91 Å². The van der Waals surface area contributed by atoms with E-state index in [4.69, 9.17) is 4.74 Å². The molecule has 6 nitrogen and oxygen atoms in total. The summed E-state index contributed by atoms with van der Waals surface area (Å²) in [4.78, 5) is 14.7. The van der Waals surface area contributed by atoms with Crippen molar-refractivity contribution in [2.75, 3.05) is 26.2 Å². The monoisotopic (exact) mass is 430 g/mol. The number of benzene rings is 2. The number of hydrogen-bond donors (Lipinski definition) is 1. The van der Waals surface area contributed by atoms with E-state index in [9.17, 15) is 13.2 Å². The first-order valence-corrected chi connectivity index (χ1v) is 12.0. The van der Waals surface area contributed by atoms with E-state index in [-0.39, 0.29) is 10.8 Å². The number of nitrogens with zero attached hydrogens (tertiary/aromatic N) is 1. The Morgan fingerprint density at radius 1 is 1.07 bits per heavy atom. The molecule has 0 bridgehead atoms. The van der Waals surface area contributed by atoms with Gasteiger partial charge in [-0.25, -0.2) is 13.1 Å². The minimum atomic E-state index is -3.53. The van der Waals surface area contributed by atoms with Crippen molar-refractivity contribution in [2.45, 2.75) is 38.0 Å². The average Bonchev–Trinajstić information content (AvgIpc) is 2.75.